The van der Waals surface area contributed by atoms with Gasteiger partial charge in [0.2, 0.25) is 0 Å². The minimum absolute atomic E-state index is 0.864. The van der Waals surface area contributed by atoms with E-state index in [0.717, 1.165) is 34.6 Å². The van der Waals surface area contributed by atoms with Crippen LogP contribution in [0.2, 0.25) is 0 Å². The molecular weight excluding hydrogens is 330 g/mol. The zero-order valence-corrected chi connectivity index (χ0v) is 15.1. The van der Waals surface area contributed by atoms with Crippen molar-refractivity contribution in [3.63, 3.8) is 0 Å². The summed E-state index contributed by atoms with van der Waals surface area (Å²) < 4.78 is 2.00. The van der Waals surface area contributed by atoms with E-state index in [1.807, 2.05) is 16.8 Å². The van der Waals surface area contributed by atoms with Crippen molar-refractivity contribution >= 4 is 16.4 Å². The fourth-order valence-electron chi connectivity index (χ4n) is 3.79. The number of hydrogen-bond acceptors (Lipinski definition) is 2. The van der Waals surface area contributed by atoms with E-state index in [0.29, 0.717) is 0 Å². The van der Waals surface area contributed by atoms with Crippen LogP contribution in [0, 0.1) is 0 Å². The molecule has 0 radical (unpaired) electrons. The van der Waals surface area contributed by atoms with Gasteiger partial charge in [-0.1, -0.05) is 79.7 Å². The Labute approximate surface area is 157 Å². The highest BCUT2D eigenvalue weighted by atomic mass is 15.3. The number of nitrogens with zero attached hydrogens (tertiary/aromatic N) is 3. The normalized spacial score (nSPS) is 11.3. The molecule has 0 N–H and O–H groups in total. The number of benzene rings is 3. The molecule has 0 spiro atoms. The molecule has 0 saturated heterocycles. The van der Waals surface area contributed by atoms with Gasteiger partial charge in [0.25, 0.3) is 0 Å². The summed E-state index contributed by atoms with van der Waals surface area (Å²) in [6, 6.07) is 27.3. The smallest absolute Gasteiger partial charge is 0.163 e. The second kappa shape index (κ2) is 6.36. The molecule has 3 aromatic carbocycles. The van der Waals surface area contributed by atoms with Crippen molar-refractivity contribution in [2.75, 3.05) is 0 Å². The second-order valence-electron chi connectivity index (χ2n) is 6.63. The Morgan fingerprint density at radius 1 is 0.815 bits per heavy atom. The van der Waals surface area contributed by atoms with Crippen LogP contribution in [-0.4, -0.2) is 14.6 Å². The van der Waals surface area contributed by atoms with Crippen molar-refractivity contribution in [1.29, 1.82) is 0 Å². The fourth-order valence-corrected chi connectivity index (χ4v) is 3.79. The van der Waals surface area contributed by atoms with Gasteiger partial charge in [-0.05, 0) is 28.8 Å². The first-order valence-electron chi connectivity index (χ1n) is 9.27. The van der Waals surface area contributed by atoms with Crippen molar-refractivity contribution in [2.45, 2.75) is 13.3 Å². The van der Waals surface area contributed by atoms with Crippen LogP contribution in [0.5, 0.6) is 0 Å². The molecule has 2 aromatic heterocycles. The summed E-state index contributed by atoms with van der Waals surface area (Å²) in [6.45, 7) is 2.14. The molecule has 0 aliphatic carbocycles. The van der Waals surface area contributed by atoms with Crippen LogP contribution in [0.4, 0.5) is 0 Å². The Hall–Kier alpha value is -3.46. The van der Waals surface area contributed by atoms with Gasteiger partial charge in [0, 0.05) is 17.3 Å². The molecule has 3 nitrogen and oxygen atoms in total. The molecule has 27 heavy (non-hydrogen) atoms. The lowest BCUT2D eigenvalue weighted by molar-refractivity contribution is 0.894. The first-order chi connectivity index (χ1) is 13.4. The highest BCUT2D eigenvalue weighted by Gasteiger charge is 2.17. The van der Waals surface area contributed by atoms with E-state index in [1.54, 1.807) is 0 Å². The lowest BCUT2D eigenvalue weighted by Gasteiger charge is -2.09. The third-order valence-electron chi connectivity index (χ3n) is 5.05. The largest absolute Gasteiger partial charge is 0.236 e. The first-order valence-corrected chi connectivity index (χ1v) is 9.27. The van der Waals surface area contributed by atoms with E-state index in [9.17, 15) is 0 Å². The van der Waals surface area contributed by atoms with Gasteiger partial charge in [0.1, 0.15) is 0 Å². The summed E-state index contributed by atoms with van der Waals surface area (Å²) in [6.07, 6.45) is 2.75. The van der Waals surface area contributed by atoms with Gasteiger partial charge in [-0.25, -0.2) is 9.50 Å². The van der Waals surface area contributed by atoms with Crippen LogP contribution in [0.3, 0.4) is 0 Å². The molecule has 0 saturated carbocycles. The third kappa shape index (κ3) is 2.51. The molecule has 0 bridgehead atoms. The molecule has 0 aliphatic rings. The molecule has 130 valence electrons. The quantitative estimate of drug-likeness (QED) is 0.413. The van der Waals surface area contributed by atoms with Crippen LogP contribution in [0.1, 0.15) is 12.6 Å². The van der Waals surface area contributed by atoms with Gasteiger partial charge in [-0.3, -0.25) is 0 Å². The van der Waals surface area contributed by atoms with Crippen LogP contribution in [-0.2, 0) is 6.42 Å². The first kappa shape index (κ1) is 15.8. The molecular formula is C24H19N3. The van der Waals surface area contributed by atoms with E-state index in [-0.39, 0.29) is 0 Å². The predicted molar refractivity (Wildman–Crippen MR) is 111 cm³/mol. The molecule has 0 aliphatic heterocycles. The Balaban J connectivity index is 1.84. The van der Waals surface area contributed by atoms with Gasteiger partial charge < -0.3 is 0 Å². The maximum atomic E-state index is 4.94. The van der Waals surface area contributed by atoms with Crippen molar-refractivity contribution in [3.8, 4) is 22.4 Å². The van der Waals surface area contributed by atoms with Crippen molar-refractivity contribution < 1.29 is 0 Å². The maximum Gasteiger partial charge on any atom is 0.163 e. The lowest BCUT2D eigenvalue weighted by atomic mass is 10.0. The van der Waals surface area contributed by atoms with E-state index in [2.05, 4.69) is 79.7 Å². The molecule has 2 heterocycles. The number of fused-ring (bicyclic) bond motifs is 2. The summed E-state index contributed by atoms with van der Waals surface area (Å²) >= 11 is 0. The summed E-state index contributed by atoms with van der Waals surface area (Å²) in [4.78, 5) is 4.69. The molecule has 5 aromatic rings. The van der Waals surface area contributed by atoms with Gasteiger partial charge in [-0.2, -0.15) is 5.10 Å². The van der Waals surface area contributed by atoms with E-state index < -0.39 is 0 Å². The van der Waals surface area contributed by atoms with E-state index >= 15 is 0 Å². The molecule has 0 amide bonds. The average Bonchev–Trinajstić information content (AvgIpc) is 3.13. The average molecular weight is 349 g/mol. The number of rotatable bonds is 3. The SMILES string of the molecule is CCc1nn2c(-c3cccc4ccccc34)ccnc2c1-c1ccccc1. The zero-order valence-electron chi connectivity index (χ0n) is 15.1. The van der Waals surface area contributed by atoms with E-state index in [4.69, 9.17) is 10.1 Å². The Bertz CT molecular complexity index is 1250. The minimum Gasteiger partial charge on any atom is -0.236 e. The lowest BCUT2D eigenvalue weighted by Crippen LogP contribution is -1.96. The third-order valence-corrected chi connectivity index (χ3v) is 5.05. The molecule has 3 heteroatoms. The number of aryl methyl sites for hydroxylation is 1. The molecule has 5 rings (SSSR count). The number of hydrogen-bond donors (Lipinski definition) is 0. The Morgan fingerprint density at radius 2 is 1.59 bits per heavy atom. The zero-order chi connectivity index (χ0) is 18.2. The van der Waals surface area contributed by atoms with Gasteiger partial charge >= 0.3 is 0 Å². The highest BCUT2D eigenvalue weighted by molar-refractivity contribution is 5.96. The summed E-state index contributed by atoms with van der Waals surface area (Å²) in [5.74, 6) is 0. The molecule has 0 unspecified atom stereocenters. The monoisotopic (exact) mass is 349 g/mol. The van der Waals surface area contributed by atoms with Crippen LogP contribution >= 0.6 is 0 Å². The fraction of sp³-hybridized carbons (Fsp3) is 0.0833. The van der Waals surface area contributed by atoms with Gasteiger partial charge in [0.15, 0.2) is 5.65 Å². The standard InChI is InChI=1S/C24H19N3/c1-2-21-23(18-10-4-3-5-11-18)24-25-16-15-22(27(24)26-21)20-14-8-12-17-9-6-7-13-19(17)20/h3-16H,2H2,1H3. The van der Waals surface area contributed by atoms with Crippen LogP contribution in [0.15, 0.2) is 85.1 Å². The number of aromatic nitrogens is 3. The molecule has 0 atom stereocenters. The van der Waals surface area contributed by atoms with Crippen molar-refractivity contribution in [3.05, 3.63) is 90.8 Å². The Morgan fingerprint density at radius 3 is 2.44 bits per heavy atom. The maximum absolute atomic E-state index is 4.94. The van der Waals surface area contributed by atoms with Crippen molar-refractivity contribution in [1.82, 2.24) is 14.6 Å². The topological polar surface area (TPSA) is 30.2 Å². The van der Waals surface area contributed by atoms with Gasteiger partial charge in [-0.15, -0.1) is 0 Å². The predicted octanol–water partition coefficient (Wildman–Crippen LogP) is 5.78. The van der Waals surface area contributed by atoms with Crippen LogP contribution in [0.25, 0.3) is 38.8 Å². The second-order valence-corrected chi connectivity index (χ2v) is 6.63. The minimum atomic E-state index is 0.864. The summed E-state index contributed by atoms with van der Waals surface area (Å²) in [7, 11) is 0. The van der Waals surface area contributed by atoms with Crippen LogP contribution < -0.4 is 0 Å². The summed E-state index contributed by atoms with van der Waals surface area (Å²) in [5, 5.41) is 7.40. The Kier molecular flexibility index (Phi) is 3.72. The highest BCUT2D eigenvalue weighted by Crippen LogP contribution is 2.33. The van der Waals surface area contributed by atoms with Gasteiger partial charge in [0.05, 0.1) is 11.4 Å². The summed E-state index contributed by atoms with van der Waals surface area (Å²) in [5.41, 5.74) is 6.50. The molecule has 0 fully saturated rings. The van der Waals surface area contributed by atoms with Crippen molar-refractivity contribution in [2.24, 2.45) is 0 Å². The van der Waals surface area contributed by atoms with E-state index in [1.165, 1.54) is 16.3 Å².